The van der Waals surface area contributed by atoms with Crippen LogP contribution in [0.5, 0.6) is 11.5 Å². The lowest BCUT2D eigenvalue weighted by atomic mass is 10.1. The van der Waals surface area contributed by atoms with Crippen LogP contribution in [0.2, 0.25) is 0 Å². The number of ether oxygens (including phenoxy) is 3. The van der Waals surface area contributed by atoms with Crippen molar-refractivity contribution in [1.82, 2.24) is 5.32 Å². The fourth-order valence-electron chi connectivity index (χ4n) is 1.80. The van der Waals surface area contributed by atoms with Crippen LogP contribution < -0.4 is 14.8 Å². The Morgan fingerprint density at radius 2 is 2.00 bits per heavy atom. The average molecular weight is 223 g/mol. The lowest BCUT2D eigenvalue weighted by molar-refractivity contribution is 0.101. The molecule has 2 rings (SSSR count). The Bertz CT molecular complexity index is 367. The second-order valence-corrected chi connectivity index (χ2v) is 3.90. The van der Waals surface area contributed by atoms with E-state index in [0.717, 1.165) is 23.7 Å². The summed E-state index contributed by atoms with van der Waals surface area (Å²) in [5, 5.41) is 3.34. The smallest absolute Gasteiger partial charge is 0.161 e. The summed E-state index contributed by atoms with van der Waals surface area (Å²) in [6, 6.07) is 6.20. The standard InChI is InChI=1S/C12H17NO3/c1-8-7-16-12(13-8)9-4-5-10(14-2)11(6-9)15-3/h4-6,8,12-13H,7H2,1-3H3. The van der Waals surface area contributed by atoms with Crippen molar-refractivity contribution in [2.75, 3.05) is 20.8 Å². The molecule has 1 heterocycles. The van der Waals surface area contributed by atoms with Gasteiger partial charge in [-0.15, -0.1) is 0 Å². The van der Waals surface area contributed by atoms with Crippen LogP contribution in [-0.2, 0) is 4.74 Å². The lowest BCUT2D eigenvalue weighted by Gasteiger charge is -2.14. The summed E-state index contributed by atoms with van der Waals surface area (Å²) in [6.07, 6.45) is -0.0465. The summed E-state index contributed by atoms with van der Waals surface area (Å²) in [4.78, 5) is 0. The minimum atomic E-state index is -0.0465. The van der Waals surface area contributed by atoms with Gasteiger partial charge >= 0.3 is 0 Å². The van der Waals surface area contributed by atoms with E-state index in [4.69, 9.17) is 14.2 Å². The Labute approximate surface area is 95.5 Å². The predicted octanol–water partition coefficient (Wildman–Crippen LogP) is 1.71. The van der Waals surface area contributed by atoms with Gasteiger partial charge in [-0.1, -0.05) is 6.07 Å². The van der Waals surface area contributed by atoms with Gasteiger partial charge in [-0.05, 0) is 24.6 Å². The predicted molar refractivity (Wildman–Crippen MR) is 60.8 cm³/mol. The van der Waals surface area contributed by atoms with Crippen LogP contribution in [-0.4, -0.2) is 26.9 Å². The quantitative estimate of drug-likeness (QED) is 0.846. The fraction of sp³-hybridized carbons (Fsp3) is 0.500. The third-order valence-corrected chi connectivity index (χ3v) is 2.66. The van der Waals surface area contributed by atoms with E-state index in [-0.39, 0.29) is 6.23 Å². The summed E-state index contributed by atoms with van der Waals surface area (Å²) in [7, 11) is 3.26. The molecule has 4 heteroatoms. The largest absolute Gasteiger partial charge is 0.493 e. The first-order valence-electron chi connectivity index (χ1n) is 5.34. The molecule has 1 aromatic carbocycles. The molecule has 1 aliphatic heterocycles. The molecule has 1 aromatic rings. The Balaban J connectivity index is 2.22. The number of hydrogen-bond acceptors (Lipinski definition) is 4. The van der Waals surface area contributed by atoms with Gasteiger partial charge in [0.2, 0.25) is 0 Å². The van der Waals surface area contributed by atoms with Gasteiger partial charge in [0.1, 0.15) is 6.23 Å². The SMILES string of the molecule is COc1ccc(C2NC(C)CO2)cc1OC. The van der Waals surface area contributed by atoms with Crippen molar-refractivity contribution in [3.63, 3.8) is 0 Å². The van der Waals surface area contributed by atoms with Gasteiger partial charge in [-0.2, -0.15) is 0 Å². The van der Waals surface area contributed by atoms with Crippen LogP contribution in [0.1, 0.15) is 18.7 Å². The van der Waals surface area contributed by atoms with E-state index in [2.05, 4.69) is 12.2 Å². The van der Waals surface area contributed by atoms with Crippen molar-refractivity contribution < 1.29 is 14.2 Å². The number of methoxy groups -OCH3 is 2. The van der Waals surface area contributed by atoms with Gasteiger partial charge in [0.05, 0.1) is 20.8 Å². The number of rotatable bonds is 3. The third-order valence-electron chi connectivity index (χ3n) is 2.66. The Kier molecular flexibility index (Phi) is 3.31. The fourth-order valence-corrected chi connectivity index (χ4v) is 1.80. The van der Waals surface area contributed by atoms with Crippen molar-refractivity contribution in [3.8, 4) is 11.5 Å². The molecule has 0 aromatic heterocycles. The average Bonchev–Trinajstić information content (AvgIpc) is 2.75. The van der Waals surface area contributed by atoms with Crippen LogP contribution >= 0.6 is 0 Å². The van der Waals surface area contributed by atoms with Crippen molar-refractivity contribution in [3.05, 3.63) is 23.8 Å². The molecule has 88 valence electrons. The topological polar surface area (TPSA) is 39.7 Å². The molecule has 1 aliphatic rings. The van der Waals surface area contributed by atoms with Crippen molar-refractivity contribution >= 4 is 0 Å². The van der Waals surface area contributed by atoms with Gasteiger partial charge in [-0.3, -0.25) is 5.32 Å². The summed E-state index contributed by atoms with van der Waals surface area (Å²) in [5.41, 5.74) is 1.06. The number of hydrogen-bond donors (Lipinski definition) is 1. The maximum Gasteiger partial charge on any atom is 0.161 e. The first-order valence-corrected chi connectivity index (χ1v) is 5.34. The molecule has 1 saturated heterocycles. The minimum Gasteiger partial charge on any atom is -0.493 e. The molecule has 0 saturated carbocycles. The molecule has 2 unspecified atom stereocenters. The van der Waals surface area contributed by atoms with Crippen LogP contribution in [0, 0.1) is 0 Å². The van der Waals surface area contributed by atoms with Crippen molar-refractivity contribution in [1.29, 1.82) is 0 Å². The normalized spacial score (nSPS) is 24.4. The van der Waals surface area contributed by atoms with E-state index < -0.39 is 0 Å². The van der Waals surface area contributed by atoms with E-state index in [0.29, 0.717) is 6.04 Å². The van der Waals surface area contributed by atoms with Crippen LogP contribution in [0.25, 0.3) is 0 Å². The summed E-state index contributed by atoms with van der Waals surface area (Å²) < 4.78 is 16.1. The van der Waals surface area contributed by atoms with E-state index >= 15 is 0 Å². The van der Waals surface area contributed by atoms with E-state index in [1.807, 2.05) is 18.2 Å². The molecule has 4 nitrogen and oxygen atoms in total. The zero-order valence-corrected chi connectivity index (χ0v) is 9.82. The second kappa shape index (κ2) is 4.72. The molecule has 2 atom stereocenters. The van der Waals surface area contributed by atoms with Gasteiger partial charge in [0, 0.05) is 6.04 Å². The van der Waals surface area contributed by atoms with Gasteiger partial charge in [-0.25, -0.2) is 0 Å². The molecule has 0 radical (unpaired) electrons. The summed E-state index contributed by atoms with van der Waals surface area (Å²) in [6.45, 7) is 2.83. The molecule has 1 N–H and O–H groups in total. The van der Waals surface area contributed by atoms with E-state index in [9.17, 15) is 0 Å². The zero-order valence-electron chi connectivity index (χ0n) is 9.82. The molecule has 1 fully saturated rings. The molecule has 0 aliphatic carbocycles. The molecular formula is C12H17NO3. The van der Waals surface area contributed by atoms with Gasteiger partial charge in [0.25, 0.3) is 0 Å². The highest BCUT2D eigenvalue weighted by atomic mass is 16.5. The van der Waals surface area contributed by atoms with Crippen molar-refractivity contribution in [2.45, 2.75) is 19.2 Å². The number of nitrogens with one attached hydrogen (secondary N) is 1. The highest BCUT2D eigenvalue weighted by molar-refractivity contribution is 5.43. The first-order chi connectivity index (χ1) is 7.74. The molecular weight excluding hydrogens is 206 g/mol. The lowest BCUT2D eigenvalue weighted by Crippen LogP contribution is -2.22. The Hall–Kier alpha value is -1.26. The van der Waals surface area contributed by atoms with E-state index in [1.165, 1.54) is 0 Å². The molecule has 0 bridgehead atoms. The van der Waals surface area contributed by atoms with Gasteiger partial charge < -0.3 is 14.2 Å². The Morgan fingerprint density at radius 1 is 1.25 bits per heavy atom. The van der Waals surface area contributed by atoms with Gasteiger partial charge in [0.15, 0.2) is 11.5 Å². The Morgan fingerprint density at radius 3 is 2.56 bits per heavy atom. The molecule has 16 heavy (non-hydrogen) atoms. The van der Waals surface area contributed by atoms with Crippen LogP contribution in [0.3, 0.4) is 0 Å². The maximum absolute atomic E-state index is 5.62. The zero-order chi connectivity index (χ0) is 11.5. The second-order valence-electron chi connectivity index (χ2n) is 3.90. The monoisotopic (exact) mass is 223 g/mol. The highest BCUT2D eigenvalue weighted by Gasteiger charge is 2.23. The highest BCUT2D eigenvalue weighted by Crippen LogP contribution is 2.31. The third kappa shape index (κ3) is 2.13. The summed E-state index contributed by atoms with van der Waals surface area (Å²) in [5.74, 6) is 1.46. The minimum absolute atomic E-state index is 0.0465. The number of benzene rings is 1. The van der Waals surface area contributed by atoms with E-state index in [1.54, 1.807) is 14.2 Å². The van der Waals surface area contributed by atoms with Crippen LogP contribution in [0.15, 0.2) is 18.2 Å². The first kappa shape index (κ1) is 11.2. The maximum atomic E-state index is 5.62. The molecule has 0 amide bonds. The molecule has 0 spiro atoms. The van der Waals surface area contributed by atoms with Crippen LogP contribution in [0.4, 0.5) is 0 Å². The summed E-state index contributed by atoms with van der Waals surface area (Å²) >= 11 is 0. The van der Waals surface area contributed by atoms with Crippen molar-refractivity contribution in [2.24, 2.45) is 0 Å².